The summed E-state index contributed by atoms with van der Waals surface area (Å²) in [5, 5.41) is 31.0. The minimum Gasteiger partial charge on any atom is -0.392 e. The maximum absolute atomic E-state index is 10.7. The van der Waals surface area contributed by atoms with Crippen molar-refractivity contribution >= 4 is 0 Å². The number of epoxide rings is 1. The van der Waals surface area contributed by atoms with E-state index >= 15 is 0 Å². The van der Waals surface area contributed by atoms with Crippen molar-refractivity contribution in [1.29, 1.82) is 0 Å². The van der Waals surface area contributed by atoms with Gasteiger partial charge in [-0.25, -0.2) is 0 Å². The molecule has 138 valence electrons. The van der Waals surface area contributed by atoms with Crippen LogP contribution in [0.5, 0.6) is 0 Å². The van der Waals surface area contributed by atoms with Crippen LogP contribution in [0.25, 0.3) is 0 Å². The van der Waals surface area contributed by atoms with E-state index in [1.165, 1.54) is 19.3 Å². The number of aliphatic hydroxyl groups is 3. The molecule has 24 heavy (non-hydrogen) atoms. The number of hydrogen-bond donors (Lipinski definition) is 3. The van der Waals surface area contributed by atoms with Crippen LogP contribution in [0.3, 0.4) is 0 Å². The Hall–Kier alpha value is -0.460. The first-order valence-corrected chi connectivity index (χ1v) is 9.42. The van der Waals surface area contributed by atoms with Gasteiger partial charge in [-0.3, -0.25) is 0 Å². The largest absolute Gasteiger partial charge is 0.392 e. The zero-order valence-corrected chi connectivity index (χ0v) is 15.1. The Morgan fingerprint density at radius 1 is 1.04 bits per heavy atom. The molecular formula is C19H32O5. The van der Waals surface area contributed by atoms with Gasteiger partial charge in [0.25, 0.3) is 0 Å². The normalized spacial score (nSPS) is 40.2. The molecule has 0 amide bonds. The Labute approximate surface area is 144 Å². The summed E-state index contributed by atoms with van der Waals surface area (Å²) in [5.74, 6) is 0. The third kappa shape index (κ3) is 2.95. The second kappa shape index (κ2) is 6.69. The fourth-order valence-corrected chi connectivity index (χ4v) is 4.37. The van der Waals surface area contributed by atoms with Crippen LogP contribution in [0.2, 0.25) is 0 Å². The molecule has 0 unspecified atom stereocenters. The molecule has 0 aromatic carbocycles. The molecule has 2 aliphatic heterocycles. The van der Waals surface area contributed by atoms with Gasteiger partial charge >= 0.3 is 0 Å². The summed E-state index contributed by atoms with van der Waals surface area (Å²) in [7, 11) is 0. The van der Waals surface area contributed by atoms with Crippen LogP contribution in [0.1, 0.15) is 65.7 Å². The zero-order valence-electron chi connectivity index (χ0n) is 15.1. The van der Waals surface area contributed by atoms with Crippen molar-refractivity contribution in [3.05, 3.63) is 11.1 Å². The molecule has 2 saturated heterocycles. The van der Waals surface area contributed by atoms with Crippen molar-refractivity contribution in [2.75, 3.05) is 6.61 Å². The van der Waals surface area contributed by atoms with E-state index in [4.69, 9.17) is 9.47 Å². The summed E-state index contributed by atoms with van der Waals surface area (Å²) in [6.07, 6.45) is 5.02. The molecular weight excluding hydrogens is 308 g/mol. The minimum atomic E-state index is -0.688. The summed E-state index contributed by atoms with van der Waals surface area (Å²) in [6.45, 7) is 5.80. The number of aliphatic hydroxyl groups excluding tert-OH is 3. The Morgan fingerprint density at radius 3 is 2.42 bits per heavy atom. The van der Waals surface area contributed by atoms with E-state index in [-0.39, 0.29) is 18.8 Å². The molecule has 2 heterocycles. The lowest BCUT2D eigenvalue weighted by Crippen LogP contribution is -2.59. The van der Waals surface area contributed by atoms with Gasteiger partial charge < -0.3 is 24.8 Å². The fraction of sp³-hybridized carbons (Fsp3) is 0.895. The van der Waals surface area contributed by atoms with E-state index in [9.17, 15) is 15.3 Å². The predicted octanol–water partition coefficient (Wildman–Crippen LogP) is 2.08. The quantitative estimate of drug-likeness (QED) is 0.375. The van der Waals surface area contributed by atoms with Crippen molar-refractivity contribution < 1.29 is 24.8 Å². The van der Waals surface area contributed by atoms with Gasteiger partial charge in [-0.1, -0.05) is 32.6 Å². The molecule has 0 bridgehead atoms. The van der Waals surface area contributed by atoms with Crippen LogP contribution >= 0.6 is 0 Å². The van der Waals surface area contributed by atoms with E-state index < -0.39 is 23.4 Å². The van der Waals surface area contributed by atoms with Gasteiger partial charge in [-0.05, 0) is 37.8 Å². The third-order valence-corrected chi connectivity index (χ3v) is 6.04. The molecule has 0 saturated carbocycles. The topological polar surface area (TPSA) is 82.5 Å². The van der Waals surface area contributed by atoms with Gasteiger partial charge in [-0.2, -0.15) is 0 Å². The molecule has 3 rings (SSSR count). The maximum Gasteiger partial charge on any atom is 0.130 e. The summed E-state index contributed by atoms with van der Waals surface area (Å²) in [4.78, 5) is 0. The minimum absolute atomic E-state index is 0.129. The second-order valence-electron chi connectivity index (χ2n) is 8.13. The van der Waals surface area contributed by atoms with Gasteiger partial charge in [-0.15, -0.1) is 0 Å². The van der Waals surface area contributed by atoms with Crippen LogP contribution in [0.4, 0.5) is 0 Å². The van der Waals surface area contributed by atoms with Crippen LogP contribution in [-0.2, 0) is 9.47 Å². The first kappa shape index (κ1) is 18.3. The molecule has 0 radical (unpaired) electrons. The lowest BCUT2D eigenvalue weighted by atomic mass is 9.72. The molecule has 5 nitrogen and oxygen atoms in total. The molecule has 1 spiro atoms. The Balaban J connectivity index is 1.78. The highest BCUT2D eigenvalue weighted by atomic mass is 16.7. The van der Waals surface area contributed by atoms with E-state index in [1.807, 2.05) is 13.8 Å². The lowest BCUT2D eigenvalue weighted by molar-refractivity contribution is -0.190. The van der Waals surface area contributed by atoms with Crippen LogP contribution in [-0.4, -0.2) is 57.5 Å². The first-order valence-electron chi connectivity index (χ1n) is 9.42. The van der Waals surface area contributed by atoms with Crippen molar-refractivity contribution in [2.45, 2.75) is 101 Å². The third-order valence-electron chi connectivity index (χ3n) is 6.04. The number of ether oxygens (including phenoxy) is 2. The lowest BCUT2D eigenvalue weighted by Gasteiger charge is -2.46. The van der Waals surface area contributed by atoms with Gasteiger partial charge in [0.15, 0.2) is 0 Å². The fourth-order valence-electron chi connectivity index (χ4n) is 4.37. The summed E-state index contributed by atoms with van der Waals surface area (Å²) in [5.41, 5.74) is 0.329. The van der Waals surface area contributed by atoms with E-state index in [2.05, 4.69) is 6.92 Å². The SMILES string of the molecule is CCCCCCCC1=C(CO)[C@@H]2OC(C)(C)[C@@H](O)C[C@@]23O[C@H]3[C@@H]1O. The van der Waals surface area contributed by atoms with Crippen LogP contribution < -0.4 is 0 Å². The standard InChI is InChI=1S/C19H32O5/c1-4-5-6-7-8-9-12-13(11-20)16-19(17(24-19)15(12)22)10-14(21)18(2,3)23-16/h14-17,20-22H,4-11H2,1-3H3/t14-,15+,16-,17-,19+/m0/s1. The number of unbranched alkanes of at least 4 members (excludes halogenated alkanes) is 4. The smallest absolute Gasteiger partial charge is 0.130 e. The molecule has 1 aliphatic carbocycles. The maximum atomic E-state index is 10.7. The molecule has 5 atom stereocenters. The Morgan fingerprint density at radius 2 is 1.75 bits per heavy atom. The zero-order chi connectivity index (χ0) is 17.5. The molecule has 5 heteroatoms. The van der Waals surface area contributed by atoms with Gasteiger partial charge in [0.1, 0.15) is 23.9 Å². The van der Waals surface area contributed by atoms with Crippen LogP contribution in [0, 0.1) is 0 Å². The number of hydrogen-bond acceptors (Lipinski definition) is 5. The molecule has 3 N–H and O–H groups in total. The second-order valence-corrected chi connectivity index (χ2v) is 8.13. The van der Waals surface area contributed by atoms with E-state index in [1.54, 1.807) is 0 Å². The molecule has 0 aromatic rings. The molecule has 0 aromatic heterocycles. The molecule has 3 aliphatic rings. The first-order chi connectivity index (χ1) is 11.4. The average Bonchev–Trinajstić information content (AvgIpc) is 3.25. The van der Waals surface area contributed by atoms with Crippen molar-refractivity contribution in [3.8, 4) is 0 Å². The predicted molar refractivity (Wildman–Crippen MR) is 90.7 cm³/mol. The van der Waals surface area contributed by atoms with E-state index in [0.717, 1.165) is 30.4 Å². The van der Waals surface area contributed by atoms with E-state index in [0.29, 0.717) is 6.42 Å². The summed E-state index contributed by atoms with van der Waals surface area (Å²) >= 11 is 0. The Bertz CT molecular complexity index is 500. The molecule has 2 fully saturated rings. The summed E-state index contributed by atoms with van der Waals surface area (Å²) < 4.78 is 12.0. The van der Waals surface area contributed by atoms with Crippen molar-refractivity contribution in [1.82, 2.24) is 0 Å². The highest BCUT2D eigenvalue weighted by molar-refractivity contribution is 5.39. The number of rotatable bonds is 7. The monoisotopic (exact) mass is 340 g/mol. The van der Waals surface area contributed by atoms with Crippen molar-refractivity contribution in [3.63, 3.8) is 0 Å². The van der Waals surface area contributed by atoms with Gasteiger partial charge in [0.2, 0.25) is 0 Å². The highest BCUT2D eigenvalue weighted by Crippen LogP contribution is 2.58. The Kier molecular flexibility index (Phi) is 5.11. The van der Waals surface area contributed by atoms with Gasteiger partial charge in [0, 0.05) is 6.42 Å². The van der Waals surface area contributed by atoms with Crippen molar-refractivity contribution in [2.24, 2.45) is 0 Å². The summed E-state index contributed by atoms with van der Waals surface area (Å²) in [6, 6.07) is 0. The van der Waals surface area contributed by atoms with Gasteiger partial charge in [0.05, 0.1) is 18.3 Å². The highest BCUT2D eigenvalue weighted by Gasteiger charge is 2.72. The van der Waals surface area contributed by atoms with Crippen LogP contribution in [0.15, 0.2) is 11.1 Å². The average molecular weight is 340 g/mol.